The molecule has 0 heterocycles. The number of carbonyl (C=O) groups is 1. The van der Waals surface area contributed by atoms with E-state index in [4.69, 9.17) is 4.74 Å². The molecule has 4 saturated carbocycles. The van der Waals surface area contributed by atoms with Crippen molar-refractivity contribution in [2.24, 2.45) is 23.7 Å². The molecule has 0 aliphatic heterocycles. The molecule has 0 unspecified atom stereocenters. The van der Waals surface area contributed by atoms with Gasteiger partial charge in [-0.15, -0.1) is 0 Å². The number of rotatable bonds is 3. The van der Waals surface area contributed by atoms with Gasteiger partial charge in [-0.25, -0.2) is 0 Å². The van der Waals surface area contributed by atoms with Crippen molar-refractivity contribution in [1.82, 2.24) is 5.32 Å². The second-order valence-corrected chi connectivity index (χ2v) is 8.13. The number of benzene rings is 1. The summed E-state index contributed by atoms with van der Waals surface area (Å²) in [6.45, 7) is 0. The zero-order valence-electron chi connectivity index (χ0n) is 12.8. The Morgan fingerprint density at radius 3 is 2.36 bits per heavy atom. The van der Waals surface area contributed by atoms with Gasteiger partial charge in [0, 0.05) is 10.5 Å². The van der Waals surface area contributed by atoms with E-state index in [0.29, 0.717) is 23.4 Å². The molecule has 0 atom stereocenters. The summed E-state index contributed by atoms with van der Waals surface area (Å²) < 4.78 is 6.07. The fourth-order valence-electron chi connectivity index (χ4n) is 5.20. The second kappa shape index (κ2) is 5.55. The Balaban J connectivity index is 1.53. The van der Waals surface area contributed by atoms with Crippen molar-refractivity contribution in [3.8, 4) is 5.75 Å². The monoisotopic (exact) mass is 363 g/mol. The van der Waals surface area contributed by atoms with E-state index in [-0.39, 0.29) is 5.91 Å². The van der Waals surface area contributed by atoms with Crippen LogP contribution in [0.5, 0.6) is 5.75 Å². The second-order valence-electron chi connectivity index (χ2n) is 7.28. The highest BCUT2D eigenvalue weighted by atomic mass is 79.9. The molecule has 4 bridgehead atoms. The molecule has 0 radical (unpaired) electrons. The van der Waals surface area contributed by atoms with E-state index in [0.717, 1.165) is 22.1 Å². The number of hydrogen-bond donors (Lipinski definition) is 1. The first-order valence-electron chi connectivity index (χ1n) is 8.28. The minimum Gasteiger partial charge on any atom is -0.497 e. The Hall–Kier alpha value is -1.03. The summed E-state index contributed by atoms with van der Waals surface area (Å²) in [5.41, 5.74) is 0.674. The standard InChI is InChI=1S/C18H22BrNO2/c1-22-14-2-3-16(19)15(9-14)18(21)20-17-12-5-10-4-11(7-12)8-13(17)6-10/h2-3,9-13,17H,4-8H2,1H3,(H,20,21). The highest BCUT2D eigenvalue weighted by molar-refractivity contribution is 9.10. The summed E-state index contributed by atoms with van der Waals surface area (Å²) in [6, 6.07) is 5.93. The lowest BCUT2D eigenvalue weighted by molar-refractivity contribution is -0.0119. The number of hydrogen-bond acceptors (Lipinski definition) is 2. The van der Waals surface area contributed by atoms with Crippen molar-refractivity contribution in [2.45, 2.75) is 38.1 Å². The molecule has 1 amide bonds. The summed E-state index contributed by atoms with van der Waals surface area (Å²) in [7, 11) is 1.63. The van der Waals surface area contributed by atoms with Crippen LogP contribution in [0.15, 0.2) is 22.7 Å². The van der Waals surface area contributed by atoms with E-state index < -0.39 is 0 Å². The molecule has 1 aromatic rings. The highest BCUT2D eigenvalue weighted by Crippen LogP contribution is 2.53. The van der Waals surface area contributed by atoms with Crippen LogP contribution in [0, 0.1) is 23.7 Å². The predicted octanol–water partition coefficient (Wildman–Crippen LogP) is 4.01. The van der Waals surface area contributed by atoms with E-state index >= 15 is 0 Å². The number of halogens is 1. The molecule has 4 aliphatic rings. The van der Waals surface area contributed by atoms with Gasteiger partial charge in [-0.1, -0.05) is 0 Å². The van der Waals surface area contributed by atoms with Crippen LogP contribution in [0.25, 0.3) is 0 Å². The predicted molar refractivity (Wildman–Crippen MR) is 89.0 cm³/mol. The normalized spacial score (nSPS) is 35.5. The molecule has 0 spiro atoms. The number of methoxy groups -OCH3 is 1. The summed E-state index contributed by atoms with van der Waals surface area (Å²) in [5.74, 6) is 4.01. The van der Waals surface area contributed by atoms with Crippen LogP contribution >= 0.6 is 15.9 Å². The highest BCUT2D eigenvalue weighted by Gasteiger charge is 2.48. The van der Waals surface area contributed by atoms with Crippen LogP contribution in [0.1, 0.15) is 42.5 Å². The molecular formula is C18H22BrNO2. The quantitative estimate of drug-likeness (QED) is 0.880. The first-order valence-corrected chi connectivity index (χ1v) is 9.07. The fourth-order valence-corrected chi connectivity index (χ4v) is 5.62. The number of amides is 1. The van der Waals surface area contributed by atoms with Gasteiger partial charge < -0.3 is 10.1 Å². The van der Waals surface area contributed by atoms with E-state index in [2.05, 4.69) is 21.2 Å². The number of ether oxygens (including phenoxy) is 1. The lowest BCUT2D eigenvalue weighted by Gasteiger charge is -2.54. The molecule has 0 aromatic heterocycles. The molecule has 3 nitrogen and oxygen atoms in total. The topological polar surface area (TPSA) is 38.3 Å². The van der Waals surface area contributed by atoms with E-state index in [1.807, 2.05) is 18.2 Å². The summed E-state index contributed by atoms with van der Waals surface area (Å²) in [4.78, 5) is 12.7. The van der Waals surface area contributed by atoms with E-state index in [1.165, 1.54) is 32.1 Å². The fraction of sp³-hybridized carbons (Fsp3) is 0.611. The Morgan fingerprint density at radius 2 is 1.77 bits per heavy atom. The van der Waals surface area contributed by atoms with Gasteiger partial charge in [0.05, 0.1) is 12.7 Å². The van der Waals surface area contributed by atoms with Gasteiger partial charge >= 0.3 is 0 Å². The van der Waals surface area contributed by atoms with Crippen LogP contribution in [0.4, 0.5) is 0 Å². The first kappa shape index (κ1) is 14.6. The average Bonchev–Trinajstić information content (AvgIpc) is 2.50. The number of nitrogens with one attached hydrogen (secondary N) is 1. The van der Waals surface area contributed by atoms with Gasteiger partial charge in [-0.3, -0.25) is 4.79 Å². The van der Waals surface area contributed by atoms with Crippen molar-refractivity contribution in [2.75, 3.05) is 7.11 Å². The van der Waals surface area contributed by atoms with Crippen molar-refractivity contribution in [3.63, 3.8) is 0 Å². The molecule has 1 N–H and O–H groups in total. The lowest BCUT2D eigenvalue weighted by Crippen LogP contribution is -2.55. The Labute approximate surface area is 139 Å². The van der Waals surface area contributed by atoms with E-state index in [9.17, 15) is 4.79 Å². The summed E-state index contributed by atoms with van der Waals surface area (Å²) in [6.07, 6.45) is 6.71. The maximum absolute atomic E-state index is 12.7. The van der Waals surface area contributed by atoms with Crippen molar-refractivity contribution in [1.29, 1.82) is 0 Å². The largest absolute Gasteiger partial charge is 0.497 e. The average molecular weight is 364 g/mol. The van der Waals surface area contributed by atoms with Gasteiger partial charge in [-0.05, 0) is 89.9 Å². The van der Waals surface area contributed by atoms with Crippen LogP contribution in [0.2, 0.25) is 0 Å². The molecule has 4 aliphatic carbocycles. The van der Waals surface area contributed by atoms with E-state index in [1.54, 1.807) is 7.11 Å². The van der Waals surface area contributed by atoms with Crippen molar-refractivity contribution < 1.29 is 9.53 Å². The van der Waals surface area contributed by atoms with Gasteiger partial charge in [0.2, 0.25) is 0 Å². The molecule has 4 heteroatoms. The Kier molecular flexibility index (Phi) is 3.67. The molecule has 5 rings (SSSR count). The van der Waals surface area contributed by atoms with Crippen molar-refractivity contribution >= 4 is 21.8 Å². The third kappa shape index (κ3) is 2.45. The zero-order valence-corrected chi connectivity index (χ0v) is 14.4. The van der Waals surface area contributed by atoms with Crippen LogP contribution in [-0.2, 0) is 0 Å². The first-order chi connectivity index (χ1) is 10.6. The third-order valence-corrected chi connectivity index (χ3v) is 6.63. The van der Waals surface area contributed by atoms with Crippen molar-refractivity contribution in [3.05, 3.63) is 28.2 Å². The molecule has 22 heavy (non-hydrogen) atoms. The maximum atomic E-state index is 12.7. The van der Waals surface area contributed by atoms with Gasteiger partial charge in [-0.2, -0.15) is 0 Å². The maximum Gasteiger partial charge on any atom is 0.252 e. The SMILES string of the molecule is COc1ccc(Br)c(C(=O)NC2C3CC4CC(C3)CC2C4)c1. The van der Waals surface area contributed by atoms with Crippen LogP contribution in [-0.4, -0.2) is 19.1 Å². The Morgan fingerprint density at radius 1 is 1.14 bits per heavy atom. The lowest BCUT2D eigenvalue weighted by atomic mass is 9.54. The summed E-state index contributed by atoms with van der Waals surface area (Å²) in [5, 5.41) is 3.35. The third-order valence-electron chi connectivity index (χ3n) is 5.94. The van der Waals surface area contributed by atoms with Crippen LogP contribution < -0.4 is 10.1 Å². The molecule has 4 fully saturated rings. The van der Waals surface area contributed by atoms with Gasteiger partial charge in [0.15, 0.2) is 0 Å². The van der Waals surface area contributed by atoms with Gasteiger partial charge in [0.25, 0.3) is 5.91 Å². The number of carbonyl (C=O) groups excluding carboxylic acids is 1. The minimum absolute atomic E-state index is 0.0308. The summed E-state index contributed by atoms with van der Waals surface area (Å²) >= 11 is 3.49. The van der Waals surface area contributed by atoms with Gasteiger partial charge in [0.1, 0.15) is 5.75 Å². The van der Waals surface area contributed by atoms with Crippen LogP contribution in [0.3, 0.4) is 0 Å². The molecule has 118 valence electrons. The minimum atomic E-state index is 0.0308. The molecule has 0 saturated heterocycles. The Bertz CT molecular complexity index is 573. The smallest absolute Gasteiger partial charge is 0.252 e. The zero-order chi connectivity index (χ0) is 15.3. The molecular weight excluding hydrogens is 342 g/mol. The molecule has 1 aromatic carbocycles.